The van der Waals surface area contributed by atoms with Crippen LogP contribution < -0.4 is 5.01 Å². The molecule has 0 N–H and O–H groups in total. The number of rotatable bonds is 5. The third-order valence-electron chi connectivity index (χ3n) is 5.60. The van der Waals surface area contributed by atoms with Crippen molar-refractivity contribution in [1.82, 2.24) is 0 Å². The number of anilines is 1. The van der Waals surface area contributed by atoms with E-state index in [1.165, 1.54) is 17.7 Å². The van der Waals surface area contributed by atoms with E-state index >= 15 is 0 Å². The molecule has 1 atom stereocenters. The van der Waals surface area contributed by atoms with Gasteiger partial charge in [-0.15, -0.1) is 0 Å². The molecule has 0 fully saturated rings. The van der Waals surface area contributed by atoms with Crippen LogP contribution in [0.4, 0.5) is 15.8 Å². The van der Waals surface area contributed by atoms with Crippen molar-refractivity contribution in [3.63, 3.8) is 0 Å². The fourth-order valence-electron chi connectivity index (χ4n) is 3.91. The third kappa shape index (κ3) is 4.94. The summed E-state index contributed by atoms with van der Waals surface area (Å²) in [4.78, 5) is 4.58. The molecule has 0 saturated heterocycles. The van der Waals surface area contributed by atoms with E-state index in [9.17, 15) is 4.39 Å². The highest BCUT2D eigenvalue weighted by atomic mass is 79.9. The van der Waals surface area contributed by atoms with E-state index in [2.05, 4.69) is 68.4 Å². The van der Waals surface area contributed by atoms with Gasteiger partial charge in [-0.25, -0.2) is 4.39 Å². The van der Waals surface area contributed by atoms with E-state index in [1.807, 2.05) is 36.4 Å². The minimum absolute atomic E-state index is 0.113. The average molecular weight is 498 g/mol. The van der Waals surface area contributed by atoms with E-state index in [0.29, 0.717) is 0 Å². The molecule has 5 heteroatoms. The molecule has 33 heavy (non-hydrogen) atoms. The summed E-state index contributed by atoms with van der Waals surface area (Å²) in [7, 11) is 0. The van der Waals surface area contributed by atoms with Crippen LogP contribution in [0.2, 0.25) is 0 Å². The highest BCUT2D eigenvalue weighted by molar-refractivity contribution is 9.10. The molecule has 1 heterocycles. The zero-order valence-electron chi connectivity index (χ0n) is 17.8. The molecular weight excluding hydrogens is 477 g/mol. The van der Waals surface area contributed by atoms with E-state index < -0.39 is 0 Å². The second-order valence-electron chi connectivity index (χ2n) is 7.86. The quantitative estimate of drug-likeness (QED) is 0.259. The summed E-state index contributed by atoms with van der Waals surface area (Å²) in [6.45, 7) is 0. The number of hydrazone groups is 1. The number of nitrogens with zero attached hydrogens (tertiary/aromatic N) is 3. The number of hydrogen-bond acceptors (Lipinski definition) is 3. The van der Waals surface area contributed by atoms with Crippen molar-refractivity contribution in [2.24, 2.45) is 10.1 Å². The van der Waals surface area contributed by atoms with Crippen LogP contribution in [-0.2, 0) is 0 Å². The Morgan fingerprint density at radius 1 is 0.879 bits per heavy atom. The molecule has 1 aliphatic heterocycles. The second-order valence-corrected chi connectivity index (χ2v) is 8.77. The number of hydrogen-bond donors (Lipinski definition) is 0. The Balaban J connectivity index is 1.45. The first kappa shape index (κ1) is 21.3. The molecule has 3 nitrogen and oxygen atoms in total. The Kier molecular flexibility index (Phi) is 6.13. The van der Waals surface area contributed by atoms with E-state index in [-0.39, 0.29) is 11.9 Å². The maximum absolute atomic E-state index is 13.1. The molecule has 0 saturated carbocycles. The lowest BCUT2D eigenvalue weighted by atomic mass is 9.98. The van der Waals surface area contributed by atoms with Gasteiger partial charge in [0, 0.05) is 17.1 Å². The molecule has 4 aromatic carbocycles. The van der Waals surface area contributed by atoms with Crippen LogP contribution in [0.5, 0.6) is 0 Å². The van der Waals surface area contributed by atoms with Crippen LogP contribution in [0.15, 0.2) is 118 Å². The highest BCUT2D eigenvalue weighted by Gasteiger charge is 2.29. The van der Waals surface area contributed by atoms with Crippen LogP contribution in [0.25, 0.3) is 0 Å². The van der Waals surface area contributed by atoms with Gasteiger partial charge >= 0.3 is 0 Å². The largest absolute Gasteiger partial charge is 0.257 e. The third-order valence-corrected chi connectivity index (χ3v) is 6.13. The first-order valence-corrected chi connectivity index (χ1v) is 11.5. The molecule has 1 aliphatic rings. The number of aliphatic imine (C=N–C) groups is 1. The van der Waals surface area contributed by atoms with Gasteiger partial charge < -0.3 is 0 Å². The van der Waals surface area contributed by atoms with Gasteiger partial charge in [0.05, 0.1) is 23.1 Å². The summed E-state index contributed by atoms with van der Waals surface area (Å²) in [6, 6.07) is 33.2. The maximum Gasteiger partial charge on any atom is 0.123 e. The predicted molar refractivity (Wildman–Crippen MR) is 137 cm³/mol. The summed E-state index contributed by atoms with van der Waals surface area (Å²) in [6.07, 6.45) is 2.54. The maximum atomic E-state index is 13.1. The predicted octanol–water partition coefficient (Wildman–Crippen LogP) is 7.69. The molecule has 0 aliphatic carbocycles. The van der Waals surface area contributed by atoms with Crippen molar-refractivity contribution < 1.29 is 4.39 Å². The van der Waals surface area contributed by atoms with Gasteiger partial charge in [0.2, 0.25) is 0 Å². The van der Waals surface area contributed by atoms with Crippen molar-refractivity contribution in [2.75, 3.05) is 5.01 Å². The van der Waals surface area contributed by atoms with Crippen LogP contribution in [-0.4, -0.2) is 11.9 Å². The zero-order chi connectivity index (χ0) is 22.6. The van der Waals surface area contributed by atoms with Gasteiger partial charge in [-0.2, -0.15) is 5.10 Å². The molecule has 162 valence electrons. The monoisotopic (exact) mass is 497 g/mol. The Morgan fingerprint density at radius 3 is 2.39 bits per heavy atom. The molecule has 0 bridgehead atoms. The summed E-state index contributed by atoms with van der Waals surface area (Å²) < 4.78 is 14.2. The molecule has 4 aromatic rings. The van der Waals surface area contributed by atoms with Gasteiger partial charge in [-0.05, 0) is 65.2 Å². The Morgan fingerprint density at radius 2 is 1.64 bits per heavy atom. The lowest BCUT2D eigenvalue weighted by Gasteiger charge is -2.24. The summed E-state index contributed by atoms with van der Waals surface area (Å²) in [5, 5.41) is 7.13. The standard InChI is InChI=1S/C28H21BrFN3/c29-23-13-11-21(12-14-23)28-18-27(32-33(28)26-7-2-1-3-8-26)22-5-4-6-25(17-22)31-19-20-9-15-24(30)16-10-20/h1-17,19,28H,18H2. The Hall–Kier alpha value is -3.57. The summed E-state index contributed by atoms with van der Waals surface area (Å²) in [5.74, 6) is -0.253. The fourth-order valence-corrected chi connectivity index (χ4v) is 4.18. The molecule has 0 aromatic heterocycles. The molecule has 1 unspecified atom stereocenters. The molecule has 0 amide bonds. The van der Waals surface area contributed by atoms with E-state index in [1.54, 1.807) is 18.3 Å². The van der Waals surface area contributed by atoms with Gasteiger partial charge in [0.25, 0.3) is 0 Å². The summed E-state index contributed by atoms with van der Waals surface area (Å²) >= 11 is 3.53. The van der Waals surface area contributed by atoms with Crippen LogP contribution in [0.1, 0.15) is 29.2 Å². The van der Waals surface area contributed by atoms with Crippen LogP contribution in [0, 0.1) is 5.82 Å². The number of halogens is 2. The lowest BCUT2D eigenvalue weighted by molar-refractivity contribution is 0.628. The Bertz CT molecular complexity index is 1300. The average Bonchev–Trinajstić information content (AvgIpc) is 3.31. The number of benzene rings is 4. The van der Waals surface area contributed by atoms with Gasteiger partial charge in [0.1, 0.15) is 5.82 Å². The molecule has 0 spiro atoms. The van der Waals surface area contributed by atoms with Crippen molar-refractivity contribution in [3.8, 4) is 0 Å². The first-order valence-electron chi connectivity index (χ1n) is 10.7. The Labute approximate surface area is 201 Å². The molecular formula is C28H21BrFN3. The smallest absolute Gasteiger partial charge is 0.123 e. The topological polar surface area (TPSA) is 28.0 Å². The fraction of sp³-hybridized carbons (Fsp3) is 0.0714. The normalized spacial score (nSPS) is 15.8. The van der Waals surface area contributed by atoms with E-state index in [0.717, 1.165) is 39.1 Å². The van der Waals surface area contributed by atoms with Gasteiger partial charge in [0.15, 0.2) is 0 Å². The molecule has 5 rings (SSSR count). The van der Waals surface area contributed by atoms with Crippen molar-refractivity contribution in [3.05, 3.63) is 130 Å². The van der Waals surface area contributed by atoms with Crippen molar-refractivity contribution in [2.45, 2.75) is 12.5 Å². The zero-order valence-corrected chi connectivity index (χ0v) is 19.4. The van der Waals surface area contributed by atoms with Crippen LogP contribution >= 0.6 is 15.9 Å². The summed E-state index contributed by atoms with van der Waals surface area (Å²) in [5.41, 5.74) is 6.02. The first-order chi connectivity index (χ1) is 16.2. The minimum atomic E-state index is -0.253. The van der Waals surface area contributed by atoms with Crippen molar-refractivity contribution in [1.29, 1.82) is 0 Å². The van der Waals surface area contributed by atoms with Gasteiger partial charge in [-0.3, -0.25) is 10.0 Å². The van der Waals surface area contributed by atoms with Crippen LogP contribution in [0.3, 0.4) is 0 Å². The molecule has 0 radical (unpaired) electrons. The van der Waals surface area contributed by atoms with Crippen molar-refractivity contribution >= 4 is 39.2 Å². The van der Waals surface area contributed by atoms with Gasteiger partial charge in [-0.1, -0.05) is 70.5 Å². The second kappa shape index (κ2) is 9.51. The number of para-hydroxylation sites is 1. The van der Waals surface area contributed by atoms with E-state index in [4.69, 9.17) is 5.10 Å². The SMILES string of the molecule is Fc1ccc(C=Nc2cccc(C3=NN(c4ccccc4)C(c4ccc(Br)cc4)C3)c2)cc1. The lowest BCUT2D eigenvalue weighted by Crippen LogP contribution is -2.18. The highest BCUT2D eigenvalue weighted by Crippen LogP contribution is 2.37. The minimum Gasteiger partial charge on any atom is -0.257 e.